The molecule has 0 aliphatic rings. The first-order chi connectivity index (χ1) is 13.2. The molecule has 2 aromatic rings. The van der Waals surface area contributed by atoms with Gasteiger partial charge in [-0.25, -0.2) is 8.42 Å². The van der Waals surface area contributed by atoms with E-state index in [0.717, 1.165) is 17.6 Å². The van der Waals surface area contributed by atoms with Crippen molar-refractivity contribution in [2.24, 2.45) is 0 Å². The molecule has 0 bridgehead atoms. The normalized spacial score (nSPS) is 11.1. The van der Waals surface area contributed by atoms with Crippen molar-refractivity contribution in [3.63, 3.8) is 0 Å². The van der Waals surface area contributed by atoms with Crippen LogP contribution in [0.2, 0.25) is 5.02 Å². The third kappa shape index (κ3) is 6.14. The molecule has 0 fully saturated rings. The van der Waals surface area contributed by atoms with E-state index in [1.807, 2.05) is 24.3 Å². The molecule has 0 aliphatic heterocycles. The molecule has 0 unspecified atom stereocenters. The number of hydrogen-bond donors (Lipinski definition) is 1. The Hall–Kier alpha value is -2.25. The zero-order valence-corrected chi connectivity index (χ0v) is 17.8. The predicted octanol–water partition coefficient (Wildman–Crippen LogP) is 3.52. The van der Waals surface area contributed by atoms with Crippen LogP contribution in [-0.4, -0.2) is 34.2 Å². The standard InChI is InChI=1S/C20H25ClN2O4S/c1-15-18(21)6-4-7-19(15)23(28(3,25)26)13-5-8-20(24)22-14-16-9-11-17(27-2)12-10-16/h4,6-7,9-12H,5,8,13-14H2,1-3H3,(H,22,24). The van der Waals surface area contributed by atoms with E-state index in [4.69, 9.17) is 16.3 Å². The van der Waals surface area contributed by atoms with Gasteiger partial charge < -0.3 is 10.1 Å². The second-order valence-electron chi connectivity index (χ2n) is 6.45. The number of amides is 1. The fraction of sp³-hybridized carbons (Fsp3) is 0.350. The fourth-order valence-corrected chi connectivity index (χ4v) is 3.93. The van der Waals surface area contributed by atoms with Gasteiger partial charge >= 0.3 is 0 Å². The van der Waals surface area contributed by atoms with E-state index < -0.39 is 10.0 Å². The average molecular weight is 425 g/mol. The first-order valence-electron chi connectivity index (χ1n) is 8.85. The minimum atomic E-state index is -3.49. The molecular weight excluding hydrogens is 400 g/mol. The summed E-state index contributed by atoms with van der Waals surface area (Å²) in [7, 11) is -1.89. The number of nitrogens with one attached hydrogen (secondary N) is 1. The second kappa shape index (κ2) is 9.80. The molecule has 28 heavy (non-hydrogen) atoms. The van der Waals surface area contributed by atoms with Crippen molar-refractivity contribution in [3.05, 3.63) is 58.6 Å². The molecule has 1 N–H and O–H groups in total. The van der Waals surface area contributed by atoms with Gasteiger partial charge in [0.15, 0.2) is 0 Å². The number of carbonyl (C=O) groups is 1. The Morgan fingerprint density at radius 3 is 2.46 bits per heavy atom. The Labute approximate surface area is 171 Å². The van der Waals surface area contributed by atoms with Crippen LogP contribution in [0.25, 0.3) is 0 Å². The molecule has 0 aromatic heterocycles. The van der Waals surface area contributed by atoms with Gasteiger partial charge in [-0.3, -0.25) is 9.10 Å². The largest absolute Gasteiger partial charge is 0.497 e. The smallest absolute Gasteiger partial charge is 0.232 e. The van der Waals surface area contributed by atoms with E-state index in [-0.39, 0.29) is 18.9 Å². The molecule has 0 saturated carbocycles. The van der Waals surface area contributed by atoms with Crippen LogP contribution in [0.4, 0.5) is 5.69 Å². The van der Waals surface area contributed by atoms with Gasteiger partial charge in [0.05, 0.1) is 19.1 Å². The summed E-state index contributed by atoms with van der Waals surface area (Å²) in [5, 5.41) is 3.34. The molecule has 0 spiro atoms. The van der Waals surface area contributed by atoms with Crippen LogP contribution in [0.3, 0.4) is 0 Å². The number of methoxy groups -OCH3 is 1. The minimum absolute atomic E-state index is 0.132. The Morgan fingerprint density at radius 1 is 1.18 bits per heavy atom. The van der Waals surface area contributed by atoms with Crippen molar-refractivity contribution in [1.82, 2.24) is 5.32 Å². The van der Waals surface area contributed by atoms with Gasteiger partial charge in [0.25, 0.3) is 0 Å². The number of ether oxygens (including phenoxy) is 1. The van der Waals surface area contributed by atoms with Gasteiger partial charge in [0.1, 0.15) is 5.75 Å². The highest BCUT2D eigenvalue weighted by Gasteiger charge is 2.20. The number of hydrogen-bond acceptors (Lipinski definition) is 4. The predicted molar refractivity (Wildman–Crippen MR) is 112 cm³/mol. The van der Waals surface area contributed by atoms with Gasteiger partial charge in [0, 0.05) is 24.5 Å². The SMILES string of the molecule is COc1ccc(CNC(=O)CCCN(c2cccc(Cl)c2C)S(C)(=O)=O)cc1. The van der Waals surface area contributed by atoms with E-state index in [1.54, 1.807) is 32.2 Å². The summed E-state index contributed by atoms with van der Waals surface area (Å²) in [5.41, 5.74) is 2.19. The zero-order chi connectivity index (χ0) is 20.7. The first-order valence-corrected chi connectivity index (χ1v) is 11.1. The summed E-state index contributed by atoms with van der Waals surface area (Å²) < 4.78 is 30.8. The van der Waals surface area contributed by atoms with Crippen LogP contribution < -0.4 is 14.4 Å². The number of sulfonamides is 1. The van der Waals surface area contributed by atoms with Crippen LogP contribution in [0, 0.1) is 6.92 Å². The van der Waals surface area contributed by atoms with Gasteiger partial charge in [-0.05, 0) is 48.7 Å². The molecule has 1 amide bonds. The molecule has 0 saturated heterocycles. The fourth-order valence-electron chi connectivity index (χ4n) is 2.75. The third-order valence-corrected chi connectivity index (χ3v) is 5.91. The summed E-state index contributed by atoms with van der Waals surface area (Å²) in [6.45, 7) is 2.39. The number of anilines is 1. The lowest BCUT2D eigenvalue weighted by molar-refractivity contribution is -0.121. The summed E-state index contributed by atoms with van der Waals surface area (Å²) in [6, 6.07) is 12.6. The topological polar surface area (TPSA) is 75.7 Å². The molecule has 0 heterocycles. The van der Waals surface area contributed by atoms with Crippen molar-refractivity contribution in [3.8, 4) is 5.75 Å². The molecule has 0 radical (unpaired) electrons. The average Bonchev–Trinajstić information content (AvgIpc) is 2.65. The lowest BCUT2D eigenvalue weighted by Crippen LogP contribution is -2.32. The van der Waals surface area contributed by atoms with E-state index in [2.05, 4.69) is 5.32 Å². The highest BCUT2D eigenvalue weighted by atomic mass is 35.5. The van der Waals surface area contributed by atoms with E-state index in [1.165, 1.54) is 4.31 Å². The lowest BCUT2D eigenvalue weighted by atomic mass is 10.2. The second-order valence-corrected chi connectivity index (χ2v) is 8.76. The van der Waals surface area contributed by atoms with Gasteiger partial charge in [-0.2, -0.15) is 0 Å². The summed E-state index contributed by atoms with van der Waals surface area (Å²) >= 11 is 6.12. The molecule has 0 aliphatic carbocycles. The van der Waals surface area contributed by atoms with Crippen molar-refractivity contribution in [1.29, 1.82) is 0 Å². The number of rotatable bonds is 9. The molecule has 152 valence electrons. The third-order valence-electron chi connectivity index (χ3n) is 4.32. The van der Waals surface area contributed by atoms with Gasteiger partial charge in [-0.1, -0.05) is 29.8 Å². The summed E-state index contributed by atoms with van der Waals surface area (Å²) in [5.74, 6) is 0.624. The Kier molecular flexibility index (Phi) is 7.71. The molecule has 0 atom stereocenters. The molecule has 6 nitrogen and oxygen atoms in total. The minimum Gasteiger partial charge on any atom is -0.497 e. The van der Waals surface area contributed by atoms with Gasteiger partial charge in [0.2, 0.25) is 15.9 Å². The van der Waals surface area contributed by atoms with Crippen LogP contribution in [0.15, 0.2) is 42.5 Å². The molecular formula is C20H25ClN2O4S. The monoisotopic (exact) mass is 424 g/mol. The lowest BCUT2D eigenvalue weighted by Gasteiger charge is -2.24. The first kappa shape index (κ1) is 22.0. The number of nitrogens with zero attached hydrogens (tertiary/aromatic N) is 1. The molecule has 2 aromatic carbocycles. The maximum absolute atomic E-state index is 12.2. The summed E-state index contributed by atoms with van der Waals surface area (Å²) in [6.07, 6.45) is 1.77. The zero-order valence-electron chi connectivity index (χ0n) is 16.2. The van der Waals surface area contributed by atoms with Crippen LogP contribution in [0.5, 0.6) is 5.75 Å². The Bertz CT molecular complexity index is 914. The summed E-state index contributed by atoms with van der Waals surface area (Å²) in [4.78, 5) is 12.1. The van der Waals surface area contributed by atoms with Crippen molar-refractivity contribution in [2.45, 2.75) is 26.3 Å². The quantitative estimate of drug-likeness (QED) is 0.668. The van der Waals surface area contributed by atoms with Crippen LogP contribution >= 0.6 is 11.6 Å². The van der Waals surface area contributed by atoms with E-state index in [0.29, 0.717) is 29.2 Å². The maximum atomic E-state index is 12.2. The Balaban J connectivity index is 1.91. The maximum Gasteiger partial charge on any atom is 0.232 e. The van der Waals surface area contributed by atoms with Crippen molar-refractivity contribution < 1.29 is 17.9 Å². The van der Waals surface area contributed by atoms with Crippen LogP contribution in [-0.2, 0) is 21.4 Å². The van der Waals surface area contributed by atoms with Gasteiger partial charge in [-0.15, -0.1) is 0 Å². The highest BCUT2D eigenvalue weighted by molar-refractivity contribution is 7.92. The van der Waals surface area contributed by atoms with Crippen LogP contribution in [0.1, 0.15) is 24.0 Å². The van der Waals surface area contributed by atoms with Crippen molar-refractivity contribution in [2.75, 3.05) is 24.2 Å². The van der Waals surface area contributed by atoms with E-state index >= 15 is 0 Å². The Morgan fingerprint density at radius 2 is 1.86 bits per heavy atom. The van der Waals surface area contributed by atoms with Crippen molar-refractivity contribution >= 4 is 33.2 Å². The number of halogens is 1. The highest BCUT2D eigenvalue weighted by Crippen LogP contribution is 2.28. The molecule has 8 heteroatoms. The number of benzene rings is 2. The number of carbonyl (C=O) groups excluding carboxylic acids is 1. The molecule has 2 rings (SSSR count). The van der Waals surface area contributed by atoms with E-state index in [9.17, 15) is 13.2 Å².